The number of hydrogen-bond donors (Lipinski definition) is 1. The first kappa shape index (κ1) is 27.9. The fourth-order valence-corrected chi connectivity index (χ4v) is 5.91. The number of benzene rings is 2. The van der Waals surface area contributed by atoms with E-state index in [9.17, 15) is 9.59 Å². The Kier molecular flexibility index (Phi) is 10.6. The van der Waals surface area contributed by atoms with Crippen molar-refractivity contribution in [1.82, 2.24) is 4.98 Å². The Morgan fingerprint density at radius 1 is 0.972 bits per heavy atom. The van der Waals surface area contributed by atoms with Crippen molar-refractivity contribution in [3.8, 4) is 5.75 Å². The summed E-state index contributed by atoms with van der Waals surface area (Å²) < 4.78 is 6.06. The SMILES string of the molecule is Cc1nc(C(=O)C(C)(C)Oc2ccc(SCCCCCc3ccccc3)cc2)sc1CCCC(=O)O. The first-order valence-electron chi connectivity index (χ1n) is 12.4. The number of unbranched alkanes of at least 4 members (excludes halogenated alkanes) is 2. The van der Waals surface area contributed by atoms with Crippen molar-refractivity contribution in [3.63, 3.8) is 0 Å². The van der Waals surface area contributed by atoms with Gasteiger partial charge in [0.15, 0.2) is 10.6 Å². The average Bonchev–Trinajstić information content (AvgIpc) is 3.22. The van der Waals surface area contributed by atoms with E-state index < -0.39 is 11.6 Å². The van der Waals surface area contributed by atoms with Gasteiger partial charge >= 0.3 is 5.97 Å². The summed E-state index contributed by atoms with van der Waals surface area (Å²) in [4.78, 5) is 30.5. The number of ketones is 1. The van der Waals surface area contributed by atoms with Crippen LogP contribution in [0.5, 0.6) is 5.75 Å². The van der Waals surface area contributed by atoms with E-state index in [1.54, 1.807) is 13.8 Å². The molecule has 0 aliphatic carbocycles. The van der Waals surface area contributed by atoms with Gasteiger partial charge in [-0.3, -0.25) is 9.59 Å². The lowest BCUT2D eigenvalue weighted by atomic mass is 10.0. The number of carbonyl (C=O) groups is 2. The zero-order chi connectivity index (χ0) is 26.0. The molecule has 5 nitrogen and oxygen atoms in total. The number of thiazole rings is 1. The van der Waals surface area contributed by atoms with Crippen LogP contribution in [0.3, 0.4) is 0 Å². The van der Waals surface area contributed by atoms with Gasteiger partial charge in [0.05, 0.1) is 5.69 Å². The van der Waals surface area contributed by atoms with Gasteiger partial charge in [-0.2, -0.15) is 0 Å². The lowest BCUT2D eigenvalue weighted by Crippen LogP contribution is -2.38. The number of carboxylic acid groups (broad SMARTS) is 1. The fraction of sp³-hybridized carbons (Fsp3) is 0.414. The summed E-state index contributed by atoms with van der Waals surface area (Å²) in [5, 5.41) is 9.25. The largest absolute Gasteiger partial charge is 0.481 e. The Balaban J connectivity index is 1.44. The summed E-state index contributed by atoms with van der Waals surface area (Å²) >= 11 is 3.18. The van der Waals surface area contributed by atoms with Crippen LogP contribution in [-0.2, 0) is 17.6 Å². The second-order valence-electron chi connectivity index (χ2n) is 9.33. The molecule has 1 heterocycles. The van der Waals surface area contributed by atoms with Gasteiger partial charge in [0.25, 0.3) is 0 Å². The van der Waals surface area contributed by atoms with Gasteiger partial charge in [0, 0.05) is 16.2 Å². The van der Waals surface area contributed by atoms with Gasteiger partial charge in [-0.25, -0.2) is 4.98 Å². The maximum absolute atomic E-state index is 13.1. The number of aryl methyl sites for hydroxylation is 3. The van der Waals surface area contributed by atoms with Gasteiger partial charge in [0.2, 0.25) is 5.78 Å². The van der Waals surface area contributed by atoms with E-state index in [1.807, 2.05) is 43.0 Å². The van der Waals surface area contributed by atoms with Crippen molar-refractivity contribution in [2.24, 2.45) is 0 Å². The molecular formula is C29H35NO4S2. The number of ether oxygens (including phenoxy) is 1. The molecule has 0 radical (unpaired) electrons. The van der Waals surface area contributed by atoms with Crippen LogP contribution in [0.2, 0.25) is 0 Å². The van der Waals surface area contributed by atoms with Crippen molar-refractivity contribution in [2.75, 3.05) is 5.75 Å². The van der Waals surface area contributed by atoms with E-state index in [2.05, 4.69) is 35.3 Å². The number of nitrogens with zero attached hydrogens (tertiary/aromatic N) is 1. The number of aromatic nitrogens is 1. The monoisotopic (exact) mass is 525 g/mol. The Morgan fingerprint density at radius 3 is 2.39 bits per heavy atom. The summed E-state index contributed by atoms with van der Waals surface area (Å²) in [5.41, 5.74) is 1.13. The van der Waals surface area contributed by atoms with Crippen molar-refractivity contribution >= 4 is 34.9 Å². The lowest BCUT2D eigenvalue weighted by molar-refractivity contribution is -0.137. The number of rotatable bonds is 15. The van der Waals surface area contributed by atoms with E-state index in [0.717, 1.165) is 22.7 Å². The molecular weight excluding hydrogens is 490 g/mol. The van der Waals surface area contributed by atoms with E-state index in [1.165, 1.54) is 41.1 Å². The van der Waals surface area contributed by atoms with Gasteiger partial charge < -0.3 is 9.84 Å². The molecule has 0 fully saturated rings. The Morgan fingerprint density at radius 2 is 1.69 bits per heavy atom. The molecule has 36 heavy (non-hydrogen) atoms. The predicted octanol–water partition coefficient (Wildman–Crippen LogP) is 7.40. The highest BCUT2D eigenvalue weighted by Crippen LogP contribution is 2.29. The predicted molar refractivity (Wildman–Crippen MR) is 148 cm³/mol. The highest BCUT2D eigenvalue weighted by atomic mass is 32.2. The maximum atomic E-state index is 13.1. The van der Waals surface area contributed by atoms with Crippen LogP contribution >= 0.6 is 23.1 Å². The third kappa shape index (κ3) is 8.79. The topological polar surface area (TPSA) is 76.5 Å². The summed E-state index contributed by atoms with van der Waals surface area (Å²) in [6, 6.07) is 18.5. The molecule has 3 aromatic rings. The molecule has 0 bridgehead atoms. The number of carboxylic acids is 1. The van der Waals surface area contributed by atoms with E-state index in [-0.39, 0.29) is 12.2 Å². The molecule has 0 saturated carbocycles. The highest BCUT2D eigenvalue weighted by molar-refractivity contribution is 7.99. The zero-order valence-corrected chi connectivity index (χ0v) is 22.9. The molecule has 1 N–H and O–H groups in total. The normalized spacial score (nSPS) is 11.4. The minimum Gasteiger partial charge on any atom is -0.481 e. The summed E-state index contributed by atoms with van der Waals surface area (Å²) in [6.45, 7) is 5.37. The molecule has 0 aliphatic heterocycles. The van der Waals surface area contributed by atoms with Gasteiger partial charge in [0.1, 0.15) is 5.75 Å². The molecule has 0 unspecified atom stereocenters. The number of carbonyl (C=O) groups excluding carboxylic acids is 1. The van der Waals surface area contributed by atoms with E-state index in [4.69, 9.17) is 9.84 Å². The molecule has 0 aliphatic rings. The summed E-state index contributed by atoms with van der Waals surface area (Å²) in [7, 11) is 0. The standard InChI is InChI=1S/C29H35NO4S2/c1-21-25(14-10-15-26(31)32)36-28(30-21)27(33)29(2,3)34-23-16-18-24(19-17-23)35-20-9-5-8-13-22-11-6-4-7-12-22/h4,6-7,11-12,16-19H,5,8-10,13-15,20H2,1-3H3,(H,31,32). The van der Waals surface area contributed by atoms with Gasteiger partial charge in [-0.05, 0) is 88.5 Å². The molecule has 0 amide bonds. The third-order valence-corrected chi connectivity index (χ3v) is 8.16. The van der Waals surface area contributed by atoms with Crippen LogP contribution in [0.4, 0.5) is 0 Å². The number of Topliss-reactive ketones (excluding diaryl/α,β-unsaturated/α-hetero) is 1. The molecule has 2 aromatic carbocycles. The van der Waals surface area contributed by atoms with Crippen LogP contribution in [-0.4, -0.2) is 33.2 Å². The first-order chi connectivity index (χ1) is 17.2. The van der Waals surface area contributed by atoms with E-state index >= 15 is 0 Å². The highest BCUT2D eigenvalue weighted by Gasteiger charge is 2.33. The quantitative estimate of drug-likeness (QED) is 0.127. The van der Waals surface area contributed by atoms with Crippen LogP contribution in [0.1, 0.15) is 71.9 Å². The molecule has 3 rings (SSSR count). The average molecular weight is 526 g/mol. The van der Waals surface area contributed by atoms with Crippen LogP contribution < -0.4 is 4.74 Å². The molecule has 192 valence electrons. The maximum Gasteiger partial charge on any atom is 0.303 e. The van der Waals surface area contributed by atoms with Crippen LogP contribution in [0, 0.1) is 6.92 Å². The smallest absolute Gasteiger partial charge is 0.303 e. The second-order valence-corrected chi connectivity index (χ2v) is 11.6. The van der Waals surface area contributed by atoms with Gasteiger partial charge in [-0.1, -0.05) is 36.8 Å². The Bertz CT molecular complexity index is 1120. The minimum absolute atomic E-state index is 0.109. The summed E-state index contributed by atoms with van der Waals surface area (Å²) in [5.74, 6) is 0.743. The van der Waals surface area contributed by atoms with E-state index in [0.29, 0.717) is 23.6 Å². The second kappa shape index (κ2) is 13.6. The molecule has 7 heteroatoms. The zero-order valence-electron chi connectivity index (χ0n) is 21.3. The molecule has 0 spiro atoms. The molecule has 0 atom stereocenters. The van der Waals surface area contributed by atoms with Crippen molar-refractivity contribution < 1.29 is 19.4 Å². The Hall–Kier alpha value is -2.64. The van der Waals surface area contributed by atoms with Crippen molar-refractivity contribution in [3.05, 3.63) is 75.7 Å². The molecule has 0 saturated heterocycles. The van der Waals surface area contributed by atoms with Crippen molar-refractivity contribution in [1.29, 1.82) is 0 Å². The van der Waals surface area contributed by atoms with Crippen LogP contribution in [0.15, 0.2) is 59.5 Å². The number of hydrogen-bond acceptors (Lipinski definition) is 6. The summed E-state index contributed by atoms with van der Waals surface area (Å²) in [6.07, 6.45) is 6.00. The fourth-order valence-electron chi connectivity index (χ4n) is 3.80. The third-order valence-electron chi connectivity index (χ3n) is 5.85. The number of aliphatic carboxylic acids is 1. The molecule has 1 aromatic heterocycles. The first-order valence-corrected chi connectivity index (χ1v) is 14.2. The van der Waals surface area contributed by atoms with Gasteiger partial charge in [-0.15, -0.1) is 23.1 Å². The van der Waals surface area contributed by atoms with Crippen LogP contribution in [0.25, 0.3) is 0 Å². The number of thioether (sulfide) groups is 1. The minimum atomic E-state index is -1.06. The Labute approximate surface area is 222 Å². The lowest BCUT2D eigenvalue weighted by Gasteiger charge is -2.24. The van der Waals surface area contributed by atoms with Crippen molar-refractivity contribution in [2.45, 2.75) is 76.2 Å².